The minimum Gasteiger partial charge on any atom is -0.465 e. The molecule has 0 aromatic rings. The van der Waals surface area contributed by atoms with Crippen LogP contribution < -0.4 is 5.32 Å². The molecule has 0 aromatic heterocycles. The topological polar surface area (TPSA) is 93.3 Å². The molecule has 68 valence electrons. The fourth-order valence-electron chi connectivity index (χ4n) is 0.640. The lowest BCUT2D eigenvalue weighted by molar-refractivity contribution is 0.161. The van der Waals surface area contributed by atoms with Crippen molar-refractivity contribution in [3.8, 4) is 6.07 Å². The van der Waals surface area contributed by atoms with Crippen LogP contribution in [0.4, 0.5) is 4.79 Å². The van der Waals surface area contributed by atoms with Crippen molar-refractivity contribution in [2.75, 3.05) is 12.0 Å². The lowest BCUT2D eigenvalue weighted by Gasteiger charge is -2.16. The number of thioether (sulfide) groups is 1. The second kappa shape index (κ2) is 5.69. The normalized spacial score (nSPS) is 14.4. The first-order chi connectivity index (χ1) is 5.61. The Hall–Kier alpha value is -0.930. The van der Waals surface area contributed by atoms with E-state index in [2.05, 4.69) is 5.32 Å². The molecular weight excluding hydrogens is 180 g/mol. The van der Waals surface area contributed by atoms with Crippen LogP contribution in [0.1, 0.15) is 0 Å². The molecule has 0 aromatic carbocycles. The van der Waals surface area contributed by atoms with Gasteiger partial charge in [0.05, 0.1) is 12.1 Å². The van der Waals surface area contributed by atoms with E-state index >= 15 is 0 Å². The zero-order valence-corrected chi connectivity index (χ0v) is 7.34. The fraction of sp³-hybridized carbons (Fsp3) is 0.667. The summed E-state index contributed by atoms with van der Waals surface area (Å²) in [5.74, 6) is 0.376. The lowest BCUT2D eigenvalue weighted by atomic mass is 10.2. The quantitative estimate of drug-likeness (QED) is 0.537. The van der Waals surface area contributed by atoms with Crippen LogP contribution in [-0.2, 0) is 0 Å². The van der Waals surface area contributed by atoms with Crippen molar-refractivity contribution in [1.82, 2.24) is 5.32 Å². The van der Waals surface area contributed by atoms with E-state index in [-0.39, 0.29) is 0 Å². The van der Waals surface area contributed by atoms with Crippen LogP contribution in [0.5, 0.6) is 0 Å². The molecule has 0 bridgehead atoms. The van der Waals surface area contributed by atoms with Crippen molar-refractivity contribution in [1.29, 1.82) is 5.26 Å². The van der Waals surface area contributed by atoms with Gasteiger partial charge in [-0.1, -0.05) is 0 Å². The van der Waals surface area contributed by atoms with Crippen LogP contribution in [0.3, 0.4) is 0 Å². The minimum atomic E-state index is -1.28. The smallest absolute Gasteiger partial charge is 0.405 e. The van der Waals surface area contributed by atoms with Crippen molar-refractivity contribution in [3.05, 3.63) is 0 Å². The summed E-state index contributed by atoms with van der Waals surface area (Å²) < 4.78 is 0. The summed E-state index contributed by atoms with van der Waals surface area (Å²) in [5.41, 5.74) is 0. The van der Waals surface area contributed by atoms with Gasteiger partial charge in [0, 0.05) is 5.75 Å². The zero-order chi connectivity index (χ0) is 9.56. The first kappa shape index (κ1) is 11.1. The molecule has 5 nitrogen and oxygen atoms in total. The maximum Gasteiger partial charge on any atom is 0.405 e. The van der Waals surface area contributed by atoms with E-state index in [0.29, 0.717) is 5.75 Å². The van der Waals surface area contributed by atoms with Crippen LogP contribution in [0.15, 0.2) is 0 Å². The molecular formula is C6H10N2O3S. The maximum atomic E-state index is 10.2. The van der Waals surface area contributed by atoms with Crippen LogP contribution in [0, 0.1) is 11.3 Å². The van der Waals surface area contributed by atoms with Gasteiger partial charge in [0.15, 0.2) is 6.10 Å². The van der Waals surface area contributed by atoms with Gasteiger partial charge in [0.25, 0.3) is 0 Å². The molecule has 0 heterocycles. The number of hydrogen-bond acceptors (Lipinski definition) is 4. The molecule has 0 aliphatic carbocycles. The third-order valence-corrected chi connectivity index (χ3v) is 1.86. The predicted octanol–water partition coefficient (Wildman–Crippen LogP) is -0.130. The van der Waals surface area contributed by atoms with E-state index in [4.69, 9.17) is 15.5 Å². The van der Waals surface area contributed by atoms with E-state index in [9.17, 15) is 4.79 Å². The Morgan fingerprint density at radius 1 is 1.83 bits per heavy atom. The number of rotatable bonds is 4. The van der Waals surface area contributed by atoms with Crippen molar-refractivity contribution >= 4 is 17.9 Å². The predicted molar refractivity (Wildman–Crippen MR) is 45.0 cm³/mol. The molecule has 2 atom stereocenters. The highest BCUT2D eigenvalue weighted by atomic mass is 32.2. The summed E-state index contributed by atoms with van der Waals surface area (Å²) in [7, 11) is 0. The van der Waals surface area contributed by atoms with Gasteiger partial charge in [-0.05, 0) is 6.26 Å². The van der Waals surface area contributed by atoms with E-state index in [0.717, 1.165) is 0 Å². The Balaban J connectivity index is 4.04. The number of aliphatic hydroxyl groups is 1. The van der Waals surface area contributed by atoms with Crippen LogP contribution in [0.2, 0.25) is 0 Å². The molecule has 1 unspecified atom stereocenters. The van der Waals surface area contributed by atoms with Crippen molar-refractivity contribution in [2.45, 2.75) is 12.1 Å². The molecule has 0 aliphatic rings. The maximum absolute atomic E-state index is 10.2. The number of nitrogens with zero attached hydrogens (tertiary/aromatic N) is 1. The molecule has 0 fully saturated rings. The molecule has 0 saturated heterocycles. The number of carboxylic acid groups (broad SMARTS) is 1. The second-order valence-electron chi connectivity index (χ2n) is 2.09. The summed E-state index contributed by atoms with van der Waals surface area (Å²) in [6.45, 7) is 0. The Kier molecular flexibility index (Phi) is 5.25. The zero-order valence-electron chi connectivity index (χ0n) is 6.52. The molecule has 1 amide bonds. The summed E-state index contributed by atoms with van der Waals surface area (Å²) in [6, 6.07) is 0.852. The van der Waals surface area contributed by atoms with Gasteiger partial charge in [0.1, 0.15) is 0 Å². The average Bonchev–Trinajstić information content (AvgIpc) is 2.01. The van der Waals surface area contributed by atoms with E-state index in [1.165, 1.54) is 11.8 Å². The Bertz CT molecular complexity index is 192. The SMILES string of the molecule is CSC[C@H](NC(=O)O)C(O)C#N. The third-order valence-electron chi connectivity index (χ3n) is 1.17. The van der Waals surface area contributed by atoms with E-state index < -0.39 is 18.2 Å². The fourth-order valence-corrected chi connectivity index (χ4v) is 1.26. The second-order valence-corrected chi connectivity index (χ2v) is 3.00. The number of nitrogens with one attached hydrogen (secondary N) is 1. The summed E-state index contributed by atoms with van der Waals surface area (Å²) in [6.07, 6.45) is -0.752. The van der Waals surface area contributed by atoms with Gasteiger partial charge in [-0.25, -0.2) is 4.79 Å². The number of carbonyl (C=O) groups is 1. The number of amides is 1. The van der Waals surface area contributed by atoms with E-state index in [1.54, 1.807) is 12.3 Å². The Labute approximate surface area is 74.4 Å². The van der Waals surface area contributed by atoms with Gasteiger partial charge in [-0.3, -0.25) is 0 Å². The molecule has 3 N–H and O–H groups in total. The van der Waals surface area contributed by atoms with E-state index in [1.807, 2.05) is 0 Å². The van der Waals surface area contributed by atoms with Gasteiger partial charge in [-0.15, -0.1) is 0 Å². The first-order valence-electron chi connectivity index (χ1n) is 3.18. The average molecular weight is 190 g/mol. The lowest BCUT2D eigenvalue weighted by Crippen LogP contribution is -2.43. The minimum absolute atomic E-state index is 0.376. The third kappa shape index (κ3) is 4.05. The van der Waals surface area contributed by atoms with Crippen LogP contribution >= 0.6 is 11.8 Å². The van der Waals surface area contributed by atoms with Crippen LogP contribution in [0.25, 0.3) is 0 Å². The van der Waals surface area contributed by atoms with Crippen molar-refractivity contribution in [2.24, 2.45) is 0 Å². The highest BCUT2D eigenvalue weighted by molar-refractivity contribution is 7.98. The molecule has 0 aliphatic heterocycles. The molecule has 0 saturated carbocycles. The largest absolute Gasteiger partial charge is 0.465 e. The van der Waals surface area contributed by atoms with Gasteiger partial charge >= 0.3 is 6.09 Å². The number of hydrogen-bond donors (Lipinski definition) is 3. The first-order valence-corrected chi connectivity index (χ1v) is 4.57. The Morgan fingerprint density at radius 2 is 2.42 bits per heavy atom. The van der Waals surface area contributed by atoms with Gasteiger partial charge in [0.2, 0.25) is 0 Å². The summed E-state index contributed by atoms with van der Waals surface area (Å²) in [5, 5.41) is 27.7. The molecule has 0 spiro atoms. The van der Waals surface area contributed by atoms with Crippen molar-refractivity contribution in [3.63, 3.8) is 0 Å². The summed E-state index contributed by atoms with van der Waals surface area (Å²) >= 11 is 1.36. The van der Waals surface area contributed by atoms with Crippen molar-refractivity contribution < 1.29 is 15.0 Å². The summed E-state index contributed by atoms with van der Waals surface area (Å²) in [4.78, 5) is 10.2. The standard InChI is InChI=1S/C6H10N2O3S/c1-12-3-4(5(9)2-7)8-6(10)11/h4-5,8-9H,3H2,1H3,(H,10,11)/t4-,5?/m0/s1. The Morgan fingerprint density at radius 3 is 2.75 bits per heavy atom. The number of aliphatic hydroxyl groups excluding tert-OH is 1. The molecule has 6 heteroatoms. The highest BCUT2D eigenvalue weighted by Gasteiger charge is 2.19. The monoisotopic (exact) mass is 190 g/mol. The molecule has 12 heavy (non-hydrogen) atoms. The van der Waals surface area contributed by atoms with Gasteiger partial charge < -0.3 is 15.5 Å². The highest BCUT2D eigenvalue weighted by Crippen LogP contribution is 2.01. The molecule has 0 radical (unpaired) electrons. The van der Waals surface area contributed by atoms with Crippen LogP contribution in [-0.4, -0.2) is 40.5 Å². The number of nitriles is 1. The van der Waals surface area contributed by atoms with Gasteiger partial charge in [-0.2, -0.15) is 17.0 Å². The molecule has 0 rings (SSSR count).